The summed E-state index contributed by atoms with van der Waals surface area (Å²) in [4.78, 5) is 19.3. The summed E-state index contributed by atoms with van der Waals surface area (Å²) in [7, 11) is 0. The summed E-state index contributed by atoms with van der Waals surface area (Å²) < 4.78 is 13.9. The number of benzene rings is 1. The number of rotatable bonds is 2. The molecule has 2 rings (SSSR count). The topological polar surface area (TPSA) is 63.1 Å². The average molecular weight is 325 g/mol. The molecule has 0 radical (unpaired) electrons. The van der Waals surface area contributed by atoms with Gasteiger partial charge in [-0.15, -0.1) is 0 Å². The van der Waals surface area contributed by atoms with Crippen LogP contribution in [0, 0.1) is 19.7 Å². The first-order valence-electron chi connectivity index (χ1n) is 5.43. The smallest absolute Gasteiger partial charge is 0.339 e. The van der Waals surface area contributed by atoms with Crippen molar-refractivity contribution < 1.29 is 14.3 Å². The molecule has 1 aromatic heterocycles. The lowest BCUT2D eigenvalue weighted by Gasteiger charge is -2.08. The Morgan fingerprint density at radius 3 is 2.26 bits per heavy atom. The van der Waals surface area contributed by atoms with Crippen LogP contribution in [0.1, 0.15) is 21.7 Å². The fraction of sp³-hybridized carbons (Fsp3) is 0.154. The zero-order valence-electron chi connectivity index (χ0n) is 10.2. The van der Waals surface area contributed by atoms with E-state index in [4.69, 9.17) is 5.11 Å². The van der Waals surface area contributed by atoms with E-state index in [1.807, 2.05) is 0 Å². The normalized spacial score (nSPS) is 10.5. The van der Waals surface area contributed by atoms with Gasteiger partial charge in [0, 0.05) is 10.0 Å². The number of nitrogens with zero attached hydrogens (tertiary/aromatic N) is 2. The molecule has 19 heavy (non-hydrogen) atoms. The lowest BCUT2D eigenvalue weighted by molar-refractivity contribution is 0.0694. The van der Waals surface area contributed by atoms with Gasteiger partial charge in [-0.3, -0.25) is 0 Å². The van der Waals surface area contributed by atoms with E-state index in [1.54, 1.807) is 19.9 Å². The quantitative estimate of drug-likeness (QED) is 0.920. The van der Waals surface area contributed by atoms with Gasteiger partial charge in [-0.05, 0) is 32.0 Å². The second kappa shape index (κ2) is 5.05. The van der Waals surface area contributed by atoms with Crippen molar-refractivity contribution in [2.45, 2.75) is 13.8 Å². The van der Waals surface area contributed by atoms with E-state index in [-0.39, 0.29) is 5.56 Å². The summed E-state index contributed by atoms with van der Waals surface area (Å²) in [5.41, 5.74) is 1.29. The molecule has 0 spiro atoms. The molecule has 0 saturated carbocycles. The highest BCUT2D eigenvalue weighted by Gasteiger charge is 2.16. The minimum atomic E-state index is -1.07. The van der Waals surface area contributed by atoms with E-state index in [9.17, 15) is 9.18 Å². The van der Waals surface area contributed by atoms with Gasteiger partial charge >= 0.3 is 5.97 Å². The summed E-state index contributed by atoms with van der Waals surface area (Å²) in [6.07, 6.45) is 0. The van der Waals surface area contributed by atoms with Crippen LogP contribution in [0.5, 0.6) is 0 Å². The molecule has 0 unspecified atom stereocenters. The van der Waals surface area contributed by atoms with Crippen LogP contribution in [0.2, 0.25) is 0 Å². The number of aromatic nitrogens is 2. The number of aromatic carboxylic acids is 1. The molecular formula is C13H10BrFN2O2. The molecule has 1 heterocycles. The molecule has 98 valence electrons. The van der Waals surface area contributed by atoms with E-state index in [0.717, 1.165) is 0 Å². The number of aryl methyl sites for hydroxylation is 2. The van der Waals surface area contributed by atoms with Crippen molar-refractivity contribution in [1.82, 2.24) is 9.97 Å². The summed E-state index contributed by atoms with van der Waals surface area (Å²) in [6, 6.07) is 4.31. The second-order valence-electron chi connectivity index (χ2n) is 4.06. The maximum Gasteiger partial charge on any atom is 0.339 e. The predicted octanol–water partition coefficient (Wildman–Crippen LogP) is 3.36. The van der Waals surface area contributed by atoms with E-state index >= 15 is 0 Å². The number of hydrogen-bond donors (Lipinski definition) is 1. The number of carboxylic acid groups (broad SMARTS) is 1. The molecule has 0 bridgehead atoms. The van der Waals surface area contributed by atoms with Crippen molar-refractivity contribution in [1.29, 1.82) is 0 Å². The van der Waals surface area contributed by atoms with Crippen LogP contribution < -0.4 is 0 Å². The molecular weight excluding hydrogens is 315 g/mol. The van der Waals surface area contributed by atoms with Crippen molar-refractivity contribution in [3.05, 3.63) is 45.4 Å². The standard InChI is InChI=1S/C13H10BrFN2O2/c1-6-11(13(18)19)7(2)17-12(16-6)8-3-9(14)5-10(15)4-8/h3-5H,1-2H3,(H,18,19). The van der Waals surface area contributed by atoms with Crippen molar-refractivity contribution in [3.8, 4) is 11.4 Å². The minimum absolute atomic E-state index is 0.0826. The molecule has 0 fully saturated rings. The van der Waals surface area contributed by atoms with Crippen LogP contribution in [-0.2, 0) is 0 Å². The molecule has 1 aromatic carbocycles. The summed E-state index contributed by atoms with van der Waals surface area (Å²) in [5, 5.41) is 9.05. The Bertz CT molecular complexity index is 630. The van der Waals surface area contributed by atoms with Crippen molar-refractivity contribution in [3.63, 3.8) is 0 Å². The fourth-order valence-electron chi connectivity index (χ4n) is 1.84. The van der Waals surface area contributed by atoms with Crippen LogP contribution >= 0.6 is 15.9 Å². The van der Waals surface area contributed by atoms with Gasteiger partial charge in [0.05, 0.1) is 11.4 Å². The van der Waals surface area contributed by atoms with E-state index in [0.29, 0.717) is 27.2 Å². The van der Waals surface area contributed by atoms with Gasteiger partial charge < -0.3 is 5.11 Å². The highest BCUT2D eigenvalue weighted by molar-refractivity contribution is 9.10. The lowest BCUT2D eigenvalue weighted by Crippen LogP contribution is -2.08. The van der Waals surface area contributed by atoms with Gasteiger partial charge in [-0.1, -0.05) is 15.9 Å². The maximum absolute atomic E-state index is 13.3. The van der Waals surface area contributed by atoms with E-state index in [2.05, 4.69) is 25.9 Å². The summed E-state index contributed by atoms with van der Waals surface area (Å²) >= 11 is 3.20. The highest BCUT2D eigenvalue weighted by atomic mass is 79.9. The summed E-state index contributed by atoms with van der Waals surface area (Å²) in [6.45, 7) is 3.19. The van der Waals surface area contributed by atoms with Crippen molar-refractivity contribution in [2.75, 3.05) is 0 Å². The Kier molecular flexibility index (Phi) is 3.61. The van der Waals surface area contributed by atoms with E-state index < -0.39 is 11.8 Å². The number of halogens is 2. The SMILES string of the molecule is Cc1nc(-c2cc(F)cc(Br)c2)nc(C)c1C(=O)O. The largest absolute Gasteiger partial charge is 0.478 e. The maximum atomic E-state index is 13.3. The predicted molar refractivity (Wildman–Crippen MR) is 71.6 cm³/mol. The molecule has 0 saturated heterocycles. The molecule has 0 aliphatic carbocycles. The third-order valence-corrected chi connectivity index (χ3v) is 3.06. The Labute approximate surface area is 117 Å². The van der Waals surface area contributed by atoms with Gasteiger partial charge in [0.15, 0.2) is 5.82 Å². The van der Waals surface area contributed by atoms with Gasteiger partial charge in [0.1, 0.15) is 11.4 Å². The van der Waals surface area contributed by atoms with Gasteiger partial charge in [-0.2, -0.15) is 0 Å². The van der Waals surface area contributed by atoms with Crippen LogP contribution in [-0.4, -0.2) is 21.0 Å². The van der Waals surface area contributed by atoms with Gasteiger partial charge in [0.25, 0.3) is 0 Å². The van der Waals surface area contributed by atoms with Crippen LogP contribution in [0.3, 0.4) is 0 Å². The molecule has 0 aliphatic rings. The fourth-order valence-corrected chi connectivity index (χ4v) is 2.30. The molecule has 0 aliphatic heterocycles. The number of hydrogen-bond acceptors (Lipinski definition) is 3. The highest BCUT2D eigenvalue weighted by Crippen LogP contribution is 2.23. The van der Waals surface area contributed by atoms with Gasteiger partial charge in [-0.25, -0.2) is 19.2 Å². The molecule has 1 N–H and O–H groups in total. The zero-order chi connectivity index (χ0) is 14.2. The van der Waals surface area contributed by atoms with Crippen molar-refractivity contribution >= 4 is 21.9 Å². The summed E-state index contributed by atoms with van der Waals surface area (Å²) in [5.74, 6) is -1.17. The third-order valence-electron chi connectivity index (χ3n) is 2.61. The van der Waals surface area contributed by atoms with E-state index in [1.165, 1.54) is 12.1 Å². The van der Waals surface area contributed by atoms with Crippen LogP contribution in [0.25, 0.3) is 11.4 Å². The first-order chi connectivity index (χ1) is 8.88. The van der Waals surface area contributed by atoms with Gasteiger partial charge in [0.2, 0.25) is 0 Å². The molecule has 4 nitrogen and oxygen atoms in total. The monoisotopic (exact) mass is 324 g/mol. The average Bonchev–Trinajstić information content (AvgIpc) is 2.25. The first-order valence-corrected chi connectivity index (χ1v) is 6.23. The first kappa shape index (κ1) is 13.6. The Hall–Kier alpha value is -1.82. The minimum Gasteiger partial charge on any atom is -0.478 e. The zero-order valence-corrected chi connectivity index (χ0v) is 11.8. The Morgan fingerprint density at radius 2 is 1.79 bits per heavy atom. The second-order valence-corrected chi connectivity index (χ2v) is 4.97. The molecule has 0 amide bonds. The Balaban J connectivity index is 2.61. The van der Waals surface area contributed by atoms with Crippen LogP contribution in [0.15, 0.2) is 22.7 Å². The number of carbonyl (C=O) groups is 1. The molecule has 2 aromatic rings. The third kappa shape index (κ3) is 2.78. The molecule has 0 atom stereocenters. The van der Waals surface area contributed by atoms with Crippen LogP contribution in [0.4, 0.5) is 4.39 Å². The van der Waals surface area contributed by atoms with Crippen molar-refractivity contribution in [2.24, 2.45) is 0 Å². The number of carboxylic acids is 1. The lowest BCUT2D eigenvalue weighted by atomic mass is 10.1. The Morgan fingerprint density at radius 1 is 1.21 bits per heavy atom. The molecule has 6 heteroatoms.